The Morgan fingerprint density at radius 2 is 2.03 bits per heavy atom. The van der Waals surface area contributed by atoms with Crippen LogP contribution in [0.25, 0.3) is 11.4 Å². The van der Waals surface area contributed by atoms with Gasteiger partial charge in [-0.05, 0) is 42.2 Å². The number of aromatic nitrogens is 2. The number of carbonyl (C=O) groups is 1. The summed E-state index contributed by atoms with van der Waals surface area (Å²) in [6.45, 7) is 6.96. The molecule has 7 nitrogen and oxygen atoms in total. The summed E-state index contributed by atoms with van der Waals surface area (Å²) >= 11 is 0. The van der Waals surface area contributed by atoms with Crippen LogP contribution in [-0.2, 0) is 6.42 Å². The lowest BCUT2D eigenvalue weighted by atomic mass is 9.80. The molecule has 4 rings (SSSR count). The highest BCUT2D eigenvalue weighted by Gasteiger charge is 2.35. The Morgan fingerprint density at radius 1 is 1.31 bits per heavy atom. The molecule has 7 heteroatoms. The summed E-state index contributed by atoms with van der Waals surface area (Å²) in [5, 5.41) is 9.41. The summed E-state index contributed by atoms with van der Waals surface area (Å²) in [5.41, 5.74) is 1.29. The number of fused-ring (bicyclic) bond motifs is 3. The summed E-state index contributed by atoms with van der Waals surface area (Å²) in [6.07, 6.45) is 4.49. The van der Waals surface area contributed by atoms with Gasteiger partial charge in [-0.25, -0.2) is 9.78 Å². The van der Waals surface area contributed by atoms with Crippen LogP contribution in [0.1, 0.15) is 55.6 Å². The minimum atomic E-state index is -1.22. The molecular weight excluding hydrogens is 372 g/mol. The van der Waals surface area contributed by atoms with Crippen LogP contribution in [0.4, 0.5) is 0 Å². The third kappa shape index (κ3) is 3.61. The van der Waals surface area contributed by atoms with Gasteiger partial charge in [-0.2, -0.15) is 0 Å². The fourth-order valence-electron chi connectivity index (χ4n) is 3.82. The molecule has 1 fully saturated rings. The van der Waals surface area contributed by atoms with E-state index in [1.54, 1.807) is 7.11 Å². The molecule has 0 unspecified atom stereocenters. The molecular formula is C22H26N2O5. The van der Waals surface area contributed by atoms with Gasteiger partial charge in [0.25, 0.3) is 5.88 Å². The van der Waals surface area contributed by atoms with Gasteiger partial charge in [-0.3, -0.25) is 4.79 Å². The number of hydrogen-bond acceptors (Lipinski definition) is 5. The van der Waals surface area contributed by atoms with Crippen molar-refractivity contribution in [1.29, 1.82) is 0 Å². The summed E-state index contributed by atoms with van der Waals surface area (Å²) < 4.78 is 13.3. The lowest BCUT2D eigenvalue weighted by molar-refractivity contribution is 0.0693. The maximum absolute atomic E-state index is 12.4. The summed E-state index contributed by atoms with van der Waals surface area (Å²) in [6, 6.07) is 3.30. The topological polar surface area (TPSA) is 90.7 Å². The zero-order valence-electron chi connectivity index (χ0n) is 17.2. The predicted molar refractivity (Wildman–Crippen MR) is 108 cm³/mol. The van der Waals surface area contributed by atoms with Crippen molar-refractivity contribution in [2.75, 3.05) is 13.7 Å². The molecule has 1 N–H and O–H groups in total. The molecule has 1 aliphatic carbocycles. The minimum absolute atomic E-state index is 0.0322. The van der Waals surface area contributed by atoms with E-state index in [1.165, 1.54) is 25.1 Å². The van der Waals surface area contributed by atoms with E-state index >= 15 is 0 Å². The number of carboxylic acids is 1. The monoisotopic (exact) mass is 398 g/mol. The number of pyridine rings is 2. The molecule has 0 saturated heterocycles. The molecule has 3 heterocycles. The molecule has 1 atom stereocenters. The Balaban J connectivity index is 1.88. The van der Waals surface area contributed by atoms with Crippen molar-refractivity contribution >= 4 is 5.97 Å². The van der Waals surface area contributed by atoms with Crippen LogP contribution < -0.4 is 14.9 Å². The maximum Gasteiger partial charge on any atom is 0.341 e. The fraction of sp³-hybridized carbons (Fsp3) is 0.500. The van der Waals surface area contributed by atoms with Crippen molar-refractivity contribution in [2.45, 2.75) is 46.1 Å². The first kappa shape index (κ1) is 19.5. The Labute approximate surface area is 169 Å². The molecule has 2 aromatic heterocycles. The lowest BCUT2D eigenvalue weighted by Gasteiger charge is -2.38. The Bertz CT molecular complexity index is 1030. The molecule has 0 amide bonds. The largest absolute Gasteiger partial charge is 0.488 e. The van der Waals surface area contributed by atoms with Crippen molar-refractivity contribution in [2.24, 2.45) is 11.3 Å². The number of carboxylic acid groups (broad SMARTS) is 1. The van der Waals surface area contributed by atoms with E-state index in [2.05, 4.69) is 25.8 Å². The summed E-state index contributed by atoms with van der Waals surface area (Å²) in [5.74, 6) is 0.369. The highest BCUT2D eigenvalue weighted by atomic mass is 16.5. The zero-order chi connectivity index (χ0) is 20.9. The van der Waals surface area contributed by atoms with Gasteiger partial charge in [0, 0.05) is 18.3 Å². The second-order valence-electron chi connectivity index (χ2n) is 8.99. The van der Waals surface area contributed by atoms with Gasteiger partial charge in [-0.1, -0.05) is 20.8 Å². The second kappa shape index (κ2) is 6.90. The van der Waals surface area contributed by atoms with Crippen LogP contribution in [0, 0.1) is 11.3 Å². The van der Waals surface area contributed by atoms with E-state index in [4.69, 9.17) is 9.47 Å². The van der Waals surface area contributed by atoms with Crippen molar-refractivity contribution in [3.05, 3.63) is 39.7 Å². The van der Waals surface area contributed by atoms with Crippen molar-refractivity contribution in [3.8, 4) is 23.0 Å². The van der Waals surface area contributed by atoms with Crippen LogP contribution in [0.5, 0.6) is 11.6 Å². The van der Waals surface area contributed by atoms with E-state index in [0.29, 0.717) is 42.0 Å². The quantitative estimate of drug-likeness (QED) is 0.828. The predicted octanol–water partition coefficient (Wildman–Crippen LogP) is 3.55. The van der Waals surface area contributed by atoms with Crippen molar-refractivity contribution in [3.63, 3.8) is 0 Å². The average molecular weight is 398 g/mol. The van der Waals surface area contributed by atoms with E-state index in [9.17, 15) is 14.7 Å². The van der Waals surface area contributed by atoms with Gasteiger partial charge < -0.3 is 19.1 Å². The van der Waals surface area contributed by atoms with Crippen LogP contribution in [0.15, 0.2) is 23.1 Å². The molecule has 1 saturated carbocycles. The van der Waals surface area contributed by atoms with Crippen LogP contribution in [-0.4, -0.2) is 34.3 Å². The van der Waals surface area contributed by atoms with Gasteiger partial charge in [0.1, 0.15) is 5.56 Å². The molecule has 154 valence electrons. The van der Waals surface area contributed by atoms with Crippen molar-refractivity contribution in [1.82, 2.24) is 9.55 Å². The standard InChI is InChI=1S/C22H26N2O5/c1-22(2,3)18-8-13-7-17(29-11-12-5-6-12)20(28-4)23-19(13)15-9-16(25)14(21(26)27)10-24(15)18/h7,9-10,12,18H,5-6,8,11H2,1-4H3,(H,26,27)/t18-/m1/s1. The SMILES string of the molecule is COc1nc2c(cc1OCC1CC1)C[C@H](C(C)(C)C)n1cc(C(=O)O)c(=O)cc1-2. The van der Waals surface area contributed by atoms with E-state index < -0.39 is 11.4 Å². The van der Waals surface area contributed by atoms with Crippen LogP contribution in [0.2, 0.25) is 0 Å². The molecule has 0 bridgehead atoms. The number of ether oxygens (including phenoxy) is 2. The van der Waals surface area contributed by atoms with E-state index in [1.807, 2.05) is 10.6 Å². The minimum Gasteiger partial charge on any atom is -0.488 e. The van der Waals surface area contributed by atoms with Crippen molar-refractivity contribution < 1.29 is 19.4 Å². The smallest absolute Gasteiger partial charge is 0.341 e. The molecule has 2 aliphatic rings. The zero-order valence-corrected chi connectivity index (χ0v) is 17.2. The first-order valence-electron chi connectivity index (χ1n) is 9.89. The molecule has 2 aromatic rings. The third-order valence-electron chi connectivity index (χ3n) is 5.70. The Kier molecular flexibility index (Phi) is 4.63. The first-order valence-corrected chi connectivity index (χ1v) is 9.89. The number of methoxy groups -OCH3 is 1. The van der Waals surface area contributed by atoms with Crippen LogP contribution >= 0.6 is 0 Å². The normalized spacial score (nSPS) is 18.0. The van der Waals surface area contributed by atoms with E-state index in [-0.39, 0.29) is 17.0 Å². The Hall–Kier alpha value is -2.83. The molecule has 0 aromatic carbocycles. The van der Waals surface area contributed by atoms with Crippen LogP contribution in [0.3, 0.4) is 0 Å². The maximum atomic E-state index is 12.4. The fourth-order valence-corrected chi connectivity index (χ4v) is 3.82. The van der Waals surface area contributed by atoms with Gasteiger partial charge in [-0.15, -0.1) is 0 Å². The number of aromatic carboxylic acids is 1. The number of rotatable bonds is 5. The molecule has 0 spiro atoms. The first-order chi connectivity index (χ1) is 13.7. The highest BCUT2D eigenvalue weighted by Crippen LogP contribution is 2.44. The number of hydrogen-bond donors (Lipinski definition) is 1. The molecule has 1 aliphatic heterocycles. The van der Waals surface area contributed by atoms with E-state index in [0.717, 1.165) is 5.56 Å². The third-order valence-corrected chi connectivity index (χ3v) is 5.70. The highest BCUT2D eigenvalue weighted by molar-refractivity contribution is 5.87. The summed E-state index contributed by atoms with van der Waals surface area (Å²) in [7, 11) is 1.54. The second-order valence-corrected chi connectivity index (χ2v) is 8.99. The Morgan fingerprint density at radius 3 is 2.62 bits per heavy atom. The average Bonchev–Trinajstić information content (AvgIpc) is 3.47. The molecule has 29 heavy (non-hydrogen) atoms. The lowest BCUT2D eigenvalue weighted by Crippen LogP contribution is -2.33. The van der Waals surface area contributed by atoms with Gasteiger partial charge >= 0.3 is 5.97 Å². The van der Waals surface area contributed by atoms with Gasteiger partial charge in [0.15, 0.2) is 11.2 Å². The van der Waals surface area contributed by atoms with Gasteiger partial charge in [0.2, 0.25) is 0 Å². The number of nitrogens with zero attached hydrogens (tertiary/aromatic N) is 2. The van der Waals surface area contributed by atoms with Gasteiger partial charge in [0.05, 0.1) is 25.1 Å². The summed E-state index contributed by atoms with van der Waals surface area (Å²) in [4.78, 5) is 28.6. The molecule has 0 radical (unpaired) electrons.